The Labute approximate surface area is 139 Å². The highest BCUT2D eigenvalue weighted by Crippen LogP contribution is 2.13. The standard InChI is InChI=1S/C18H17NO5/c20-13-19-16(18(22)24-15-9-5-2-6-10-15)11-12-17(21)23-14-7-3-1-4-8-14/h1-10,13,16H,11-12H2,(H,19,20)/t16-/m0/s1. The van der Waals surface area contributed by atoms with Gasteiger partial charge in [-0.1, -0.05) is 36.4 Å². The van der Waals surface area contributed by atoms with E-state index in [2.05, 4.69) is 5.32 Å². The van der Waals surface area contributed by atoms with Crippen LogP contribution < -0.4 is 14.8 Å². The monoisotopic (exact) mass is 327 g/mol. The summed E-state index contributed by atoms with van der Waals surface area (Å²) in [6, 6.07) is 16.2. The minimum Gasteiger partial charge on any atom is -0.427 e. The molecular formula is C18H17NO5. The zero-order valence-corrected chi connectivity index (χ0v) is 12.9. The van der Waals surface area contributed by atoms with Gasteiger partial charge < -0.3 is 14.8 Å². The number of rotatable bonds is 8. The highest BCUT2D eigenvalue weighted by molar-refractivity contribution is 5.81. The highest BCUT2D eigenvalue weighted by atomic mass is 16.5. The number of hydrogen-bond acceptors (Lipinski definition) is 5. The van der Waals surface area contributed by atoms with Gasteiger partial charge in [0.25, 0.3) is 0 Å². The number of esters is 2. The molecule has 0 aliphatic rings. The third kappa shape index (κ3) is 5.57. The van der Waals surface area contributed by atoms with Crippen molar-refractivity contribution in [2.75, 3.05) is 0 Å². The lowest BCUT2D eigenvalue weighted by Gasteiger charge is -2.14. The van der Waals surface area contributed by atoms with Gasteiger partial charge in [-0.25, -0.2) is 4.79 Å². The van der Waals surface area contributed by atoms with Crippen molar-refractivity contribution in [1.29, 1.82) is 0 Å². The quantitative estimate of drug-likeness (QED) is 0.456. The van der Waals surface area contributed by atoms with Crippen LogP contribution in [0.5, 0.6) is 11.5 Å². The minimum atomic E-state index is -0.925. The number of amides is 1. The highest BCUT2D eigenvalue weighted by Gasteiger charge is 2.21. The van der Waals surface area contributed by atoms with Gasteiger partial charge >= 0.3 is 11.9 Å². The average Bonchev–Trinajstić information content (AvgIpc) is 2.60. The van der Waals surface area contributed by atoms with E-state index in [4.69, 9.17) is 9.47 Å². The second-order valence-electron chi connectivity index (χ2n) is 4.90. The van der Waals surface area contributed by atoms with Crippen molar-refractivity contribution in [3.8, 4) is 11.5 Å². The summed E-state index contributed by atoms with van der Waals surface area (Å²) in [4.78, 5) is 34.6. The Morgan fingerprint density at radius 1 is 0.917 bits per heavy atom. The van der Waals surface area contributed by atoms with Crippen molar-refractivity contribution in [2.45, 2.75) is 18.9 Å². The fraction of sp³-hybridized carbons (Fsp3) is 0.167. The number of ether oxygens (including phenoxy) is 2. The molecule has 124 valence electrons. The molecule has 0 fully saturated rings. The van der Waals surface area contributed by atoms with Crippen LogP contribution in [0.1, 0.15) is 12.8 Å². The Bertz CT molecular complexity index is 672. The molecular weight excluding hydrogens is 310 g/mol. The third-order valence-electron chi connectivity index (χ3n) is 3.13. The van der Waals surface area contributed by atoms with Crippen molar-refractivity contribution < 1.29 is 23.9 Å². The molecule has 2 aromatic carbocycles. The molecule has 0 spiro atoms. The summed E-state index contributed by atoms with van der Waals surface area (Å²) in [6.45, 7) is 0. The van der Waals surface area contributed by atoms with Gasteiger partial charge in [0.2, 0.25) is 6.41 Å². The first-order valence-corrected chi connectivity index (χ1v) is 7.41. The Morgan fingerprint density at radius 3 is 2.00 bits per heavy atom. The topological polar surface area (TPSA) is 81.7 Å². The summed E-state index contributed by atoms with van der Waals surface area (Å²) in [5.41, 5.74) is 0. The summed E-state index contributed by atoms with van der Waals surface area (Å²) >= 11 is 0. The molecule has 6 heteroatoms. The van der Waals surface area contributed by atoms with Crippen LogP contribution in [0.2, 0.25) is 0 Å². The molecule has 0 radical (unpaired) electrons. The largest absolute Gasteiger partial charge is 0.427 e. The lowest BCUT2D eigenvalue weighted by Crippen LogP contribution is -2.39. The van der Waals surface area contributed by atoms with Crippen LogP contribution in [0.3, 0.4) is 0 Å². The van der Waals surface area contributed by atoms with Crippen LogP contribution in [0.15, 0.2) is 60.7 Å². The first-order chi connectivity index (χ1) is 11.7. The van der Waals surface area contributed by atoms with Gasteiger partial charge in [0, 0.05) is 6.42 Å². The molecule has 0 bridgehead atoms. The minimum absolute atomic E-state index is 0.0374. The van der Waals surface area contributed by atoms with E-state index in [1.165, 1.54) is 0 Å². The SMILES string of the molecule is O=CN[C@@H](CCC(=O)Oc1ccccc1)C(=O)Oc1ccccc1. The van der Waals surface area contributed by atoms with E-state index in [-0.39, 0.29) is 12.8 Å². The molecule has 2 rings (SSSR count). The molecule has 1 atom stereocenters. The molecule has 0 aliphatic heterocycles. The number of hydrogen-bond donors (Lipinski definition) is 1. The fourth-order valence-corrected chi connectivity index (χ4v) is 1.96. The van der Waals surface area contributed by atoms with Crippen molar-refractivity contribution in [3.63, 3.8) is 0 Å². The second kappa shape index (κ2) is 9.09. The van der Waals surface area contributed by atoms with Crippen LogP contribution >= 0.6 is 0 Å². The fourth-order valence-electron chi connectivity index (χ4n) is 1.96. The molecule has 1 N–H and O–H groups in total. The molecule has 0 saturated heterocycles. The predicted molar refractivity (Wildman–Crippen MR) is 86.4 cm³/mol. The van der Waals surface area contributed by atoms with E-state index in [9.17, 15) is 14.4 Å². The predicted octanol–water partition coefficient (Wildman–Crippen LogP) is 2.09. The second-order valence-corrected chi connectivity index (χ2v) is 4.90. The Morgan fingerprint density at radius 2 is 1.46 bits per heavy atom. The number of nitrogens with one attached hydrogen (secondary N) is 1. The molecule has 6 nitrogen and oxygen atoms in total. The summed E-state index contributed by atoms with van der Waals surface area (Å²) in [7, 11) is 0. The zero-order valence-electron chi connectivity index (χ0n) is 12.9. The summed E-state index contributed by atoms with van der Waals surface area (Å²) in [5, 5.41) is 2.36. The normalized spacial score (nSPS) is 11.2. The first kappa shape index (κ1) is 17.2. The third-order valence-corrected chi connectivity index (χ3v) is 3.13. The van der Waals surface area contributed by atoms with Gasteiger partial charge in [0.1, 0.15) is 17.5 Å². The van der Waals surface area contributed by atoms with Gasteiger partial charge in [0.05, 0.1) is 0 Å². The lowest BCUT2D eigenvalue weighted by atomic mass is 10.1. The van der Waals surface area contributed by atoms with E-state index < -0.39 is 18.0 Å². The van der Waals surface area contributed by atoms with Crippen molar-refractivity contribution in [1.82, 2.24) is 5.32 Å². The van der Waals surface area contributed by atoms with Crippen molar-refractivity contribution >= 4 is 18.3 Å². The Hall–Kier alpha value is -3.15. The van der Waals surface area contributed by atoms with Gasteiger partial charge in [-0.05, 0) is 30.7 Å². The molecule has 1 amide bonds. The maximum Gasteiger partial charge on any atom is 0.334 e. The van der Waals surface area contributed by atoms with E-state index in [1.54, 1.807) is 60.7 Å². The number of carbonyl (C=O) groups excluding carboxylic acids is 3. The smallest absolute Gasteiger partial charge is 0.334 e. The average molecular weight is 327 g/mol. The molecule has 0 saturated carbocycles. The lowest BCUT2D eigenvalue weighted by molar-refractivity contribution is -0.139. The molecule has 0 heterocycles. The maximum atomic E-state index is 12.1. The van der Waals surface area contributed by atoms with Crippen molar-refractivity contribution in [2.24, 2.45) is 0 Å². The van der Waals surface area contributed by atoms with Crippen LogP contribution in [-0.2, 0) is 14.4 Å². The van der Waals surface area contributed by atoms with Gasteiger partial charge in [0.15, 0.2) is 0 Å². The Balaban J connectivity index is 1.87. The van der Waals surface area contributed by atoms with Crippen LogP contribution in [0, 0.1) is 0 Å². The first-order valence-electron chi connectivity index (χ1n) is 7.41. The van der Waals surface area contributed by atoms with E-state index in [0.717, 1.165) is 0 Å². The molecule has 0 aromatic heterocycles. The molecule has 2 aromatic rings. The van der Waals surface area contributed by atoms with Crippen LogP contribution in [0.4, 0.5) is 0 Å². The summed E-state index contributed by atoms with van der Waals surface area (Å²) in [5.74, 6) is -0.339. The van der Waals surface area contributed by atoms with E-state index >= 15 is 0 Å². The number of carbonyl (C=O) groups is 3. The van der Waals surface area contributed by atoms with Gasteiger partial charge in [-0.15, -0.1) is 0 Å². The van der Waals surface area contributed by atoms with E-state index in [1.807, 2.05) is 0 Å². The van der Waals surface area contributed by atoms with Gasteiger partial charge in [-0.3, -0.25) is 9.59 Å². The number of benzene rings is 2. The van der Waals surface area contributed by atoms with Crippen molar-refractivity contribution in [3.05, 3.63) is 60.7 Å². The molecule has 0 aliphatic carbocycles. The molecule has 0 unspecified atom stereocenters. The maximum absolute atomic E-state index is 12.1. The zero-order chi connectivity index (χ0) is 17.2. The summed E-state index contributed by atoms with van der Waals surface area (Å²) in [6.07, 6.45) is 0.444. The summed E-state index contributed by atoms with van der Waals surface area (Å²) < 4.78 is 10.3. The Kier molecular flexibility index (Phi) is 6.52. The van der Waals surface area contributed by atoms with Crippen LogP contribution in [-0.4, -0.2) is 24.4 Å². The molecule has 24 heavy (non-hydrogen) atoms. The number of para-hydroxylation sites is 2. The van der Waals surface area contributed by atoms with Crippen LogP contribution in [0.25, 0.3) is 0 Å². The van der Waals surface area contributed by atoms with E-state index in [0.29, 0.717) is 17.9 Å². The van der Waals surface area contributed by atoms with Gasteiger partial charge in [-0.2, -0.15) is 0 Å².